The van der Waals surface area contributed by atoms with Gasteiger partial charge in [-0.25, -0.2) is 8.78 Å². The second kappa shape index (κ2) is 3.96. The lowest BCUT2D eigenvalue weighted by atomic mass is 10.0. The van der Waals surface area contributed by atoms with E-state index in [9.17, 15) is 8.78 Å². The summed E-state index contributed by atoms with van der Waals surface area (Å²) in [6, 6.07) is 1.17. The van der Waals surface area contributed by atoms with Gasteiger partial charge in [0.05, 0.1) is 11.6 Å². The summed E-state index contributed by atoms with van der Waals surface area (Å²) in [5, 5.41) is 0. The molecule has 0 saturated heterocycles. The van der Waals surface area contributed by atoms with Crippen molar-refractivity contribution in [1.29, 1.82) is 0 Å². The average molecular weight is 292 g/mol. The molecule has 0 bridgehead atoms. The lowest BCUT2D eigenvalue weighted by Crippen LogP contribution is -2.25. The molecule has 5 heteroatoms. The highest BCUT2D eigenvalue weighted by atomic mass is 79.9. The van der Waals surface area contributed by atoms with Crippen molar-refractivity contribution in [3.05, 3.63) is 27.7 Å². The number of benzene rings is 1. The zero-order valence-electron chi connectivity index (χ0n) is 8.82. The van der Waals surface area contributed by atoms with E-state index in [4.69, 9.17) is 10.5 Å². The molecular formula is C11H12BrF2NO. The Morgan fingerprint density at radius 2 is 2.12 bits per heavy atom. The smallest absolute Gasteiger partial charge is 0.147 e. The molecule has 0 spiro atoms. The van der Waals surface area contributed by atoms with Crippen LogP contribution in [-0.4, -0.2) is 12.6 Å². The van der Waals surface area contributed by atoms with Crippen molar-refractivity contribution in [3.63, 3.8) is 0 Å². The van der Waals surface area contributed by atoms with Crippen LogP contribution in [0.2, 0.25) is 0 Å². The fourth-order valence-corrected chi connectivity index (χ4v) is 2.13. The van der Waals surface area contributed by atoms with Gasteiger partial charge in [0.15, 0.2) is 0 Å². The topological polar surface area (TPSA) is 35.2 Å². The predicted molar refractivity (Wildman–Crippen MR) is 60.5 cm³/mol. The van der Waals surface area contributed by atoms with Crippen LogP contribution >= 0.6 is 15.9 Å². The standard InChI is InChI=1S/C11H12BrF2NO/c1-16-8-4-7(13)6(10(14)9(8)12)5-11(15)2-3-11/h4H,2-3,5,15H2,1H3. The van der Waals surface area contributed by atoms with Gasteiger partial charge in [-0.3, -0.25) is 0 Å². The monoisotopic (exact) mass is 291 g/mol. The van der Waals surface area contributed by atoms with E-state index in [0.29, 0.717) is 0 Å². The molecule has 16 heavy (non-hydrogen) atoms. The molecule has 0 amide bonds. The Labute approximate surface area is 101 Å². The maximum atomic E-state index is 13.8. The van der Waals surface area contributed by atoms with Crippen LogP contribution in [0.5, 0.6) is 5.75 Å². The molecule has 2 nitrogen and oxygen atoms in total. The minimum atomic E-state index is -0.617. The normalized spacial score (nSPS) is 17.3. The van der Waals surface area contributed by atoms with Gasteiger partial charge >= 0.3 is 0 Å². The van der Waals surface area contributed by atoms with Crippen LogP contribution < -0.4 is 10.5 Å². The summed E-state index contributed by atoms with van der Waals surface area (Å²) >= 11 is 3.05. The van der Waals surface area contributed by atoms with E-state index < -0.39 is 17.2 Å². The van der Waals surface area contributed by atoms with Crippen molar-refractivity contribution in [2.45, 2.75) is 24.8 Å². The van der Waals surface area contributed by atoms with Crippen LogP contribution in [0.25, 0.3) is 0 Å². The first-order valence-corrected chi connectivity index (χ1v) is 5.75. The third kappa shape index (κ3) is 2.06. The number of ether oxygens (including phenoxy) is 1. The molecule has 1 aromatic rings. The van der Waals surface area contributed by atoms with E-state index >= 15 is 0 Å². The first-order chi connectivity index (χ1) is 7.47. The minimum absolute atomic E-state index is 0.0349. The van der Waals surface area contributed by atoms with Gasteiger partial charge in [0.2, 0.25) is 0 Å². The number of nitrogens with two attached hydrogens (primary N) is 1. The molecule has 0 heterocycles. The highest BCUT2D eigenvalue weighted by Gasteiger charge is 2.40. The fourth-order valence-electron chi connectivity index (χ4n) is 1.61. The molecule has 0 unspecified atom stereocenters. The van der Waals surface area contributed by atoms with E-state index in [1.165, 1.54) is 13.2 Å². The Morgan fingerprint density at radius 1 is 1.50 bits per heavy atom. The quantitative estimate of drug-likeness (QED) is 0.869. The third-order valence-corrected chi connectivity index (χ3v) is 3.60. The molecule has 1 aliphatic rings. The van der Waals surface area contributed by atoms with Crippen LogP contribution in [-0.2, 0) is 6.42 Å². The SMILES string of the molecule is COc1cc(F)c(CC2(N)CC2)c(F)c1Br. The molecule has 0 radical (unpaired) electrons. The van der Waals surface area contributed by atoms with Crippen LogP contribution in [0.15, 0.2) is 10.5 Å². The molecule has 88 valence electrons. The summed E-state index contributed by atoms with van der Waals surface area (Å²) in [6.07, 6.45) is 1.86. The van der Waals surface area contributed by atoms with Crippen molar-refractivity contribution in [2.24, 2.45) is 5.73 Å². The number of hydrogen-bond donors (Lipinski definition) is 1. The van der Waals surface area contributed by atoms with Gasteiger partial charge in [-0.2, -0.15) is 0 Å². The van der Waals surface area contributed by atoms with Gasteiger partial charge in [0, 0.05) is 17.2 Å². The van der Waals surface area contributed by atoms with Crippen LogP contribution in [0, 0.1) is 11.6 Å². The summed E-state index contributed by atoms with van der Waals surface area (Å²) in [4.78, 5) is 0. The molecule has 0 aromatic heterocycles. The van der Waals surface area contributed by atoms with Crippen LogP contribution in [0.1, 0.15) is 18.4 Å². The lowest BCUT2D eigenvalue weighted by molar-refractivity contribution is 0.400. The van der Waals surface area contributed by atoms with E-state index in [2.05, 4.69) is 15.9 Å². The number of rotatable bonds is 3. The van der Waals surface area contributed by atoms with Gasteiger partial charge in [0.1, 0.15) is 17.4 Å². The Bertz CT molecular complexity index is 432. The first-order valence-electron chi connectivity index (χ1n) is 4.96. The van der Waals surface area contributed by atoms with Crippen molar-refractivity contribution in [1.82, 2.24) is 0 Å². The molecule has 1 fully saturated rings. The van der Waals surface area contributed by atoms with Gasteiger partial charge in [-0.1, -0.05) is 0 Å². The second-order valence-electron chi connectivity index (χ2n) is 4.21. The second-order valence-corrected chi connectivity index (χ2v) is 5.00. The molecule has 1 saturated carbocycles. The summed E-state index contributed by atoms with van der Waals surface area (Å²) in [6.45, 7) is 0. The van der Waals surface area contributed by atoms with Crippen molar-refractivity contribution in [3.8, 4) is 5.75 Å². The lowest BCUT2D eigenvalue weighted by Gasteiger charge is -2.13. The third-order valence-electron chi connectivity index (χ3n) is 2.86. The molecule has 1 aromatic carbocycles. The van der Waals surface area contributed by atoms with Crippen LogP contribution in [0.4, 0.5) is 8.78 Å². The molecule has 0 atom stereocenters. The largest absolute Gasteiger partial charge is 0.495 e. The summed E-state index contributed by atoms with van der Waals surface area (Å²) in [5.74, 6) is -1.07. The minimum Gasteiger partial charge on any atom is -0.495 e. The molecule has 1 aliphatic carbocycles. The molecular weight excluding hydrogens is 280 g/mol. The number of methoxy groups -OCH3 is 1. The highest BCUT2D eigenvalue weighted by Crippen LogP contribution is 2.39. The molecule has 2 N–H and O–H groups in total. The van der Waals surface area contributed by atoms with Crippen LogP contribution in [0.3, 0.4) is 0 Å². The van der Waals surface area contributed by atoms with E-state index in [0.717, 1.165) is 12.8 Å². The Balaban J connectivity index is 2.41. The van der Waals surface area contributed by atoms with Crippen molar-refractivity contribution < 1.29 is 13.5 Å². The summed E-state index contributed by atoms with van der Waals surface area (Å²) < 4.78 is 32.5. The average Bonchev–Trinajstić information content (AvgIpc) is 2.97. The maximum Gasteiger partial charge on any atom is 0.147 e. The maximum absolute atomic E-state index is 13.8. The van der Waals surface area contributed by atoms with E-state index in [1.807, 2.05) is 0 Å². The van der Waals surface area contributed by atoms with Gasteiger partial charge in [-0.05, 0) is 35.2 Å². The Kier molecular flexibility index (Phi) is 2.92. The Hall–Kier alpha value is -0.680. The van der Waals surface area contributed by atoms with Gasteiger partial charge in [-0.15, -0.1) is 0 Å². The fraction of sp³-hybridized carbons (Fsp3) is 0.455. The Morgan fingerprint density at radius 3 is 2.62 bits per heavy atom. The van der Waals surface area contributed by atoms with Crippen molar-refractivity contribution in [2.75, 3.05) is 7.11 Å². The summed E-state index contributed by atoms with van der Waals surface area (Å²) in [7, 11) is 1.37. The zero-order valence-corrected chi connectivity index (χ0v) is 10.4. The predicted octanol–water partition coefficient (Wildman–Crippen LogP) is 2.77. The first kappa shape index (κ1) is 11.8. The zero-order chi connectivity index (χ0) is 11.9. The van der Waals surface area contributed by atoms with Gasteiger partial charge < -0.3 is 10.5 Å². The van der Waals surface area contributed by atoms with E-state index in [1.54, 1.807) is 0 Å². The molecule has 0 aliphatic heterocycles. The van der Waals surface area contributed by atoms with E-state index in [-0.39, 0.29) is 22.2 Å². The van der Waals surface area contributed by atoms with Gasteiger partial charge in [0.25, 0.3) is 0 Å². The summed E-state index contributed by atoms with van der Waals surface area (Å²) in [5.41, 5.74) is 5.47. The number of hydrogen-bond acceptors (Lipinski definition) is 2. The number of halogens is 3. The highest BCUT2D eigenvalue weighted by molar-refractivity contribution is 9.10. The van der Waals surface area contributed by atoms with Crippen molar-refractivity contribution >= 4 is 15.9 Å². The molecule has 2 rings (SSSR count).